The van der Waals surface area contributed by atoms with E-state index in [2.05, 4.69) is 56.5 Å². The summed E-state index contributed by atoms with van der Waals surface area (Å²) in [6.07, 6.45) is 0.261. The third-order valence-electron chi connectivity index (χ3n) is 7.14. The number of anilines is 7. The van der Waals surface area contributed by atoms with Crippen LogP contribution in [0.2, 0.25) is 0 Å². The quantitative estimate of drug-likeness (QED) is 0.0231. The minimum absolute atomic E-state index is 0. The van der Waals surface area contributed by atoms with E-state index in [0.29, 0.717) is 0 Å². The molecule has 0 amide bonds. The maximum absolute atomic E-state index is 12.4. The van der Waals surface area contributed by atoms with E-state index >= 15 is 0 Å². The predicted octanol–water partition coefficient (Wildman–Crippen LogP) is -12.8. The fraction of sp³-hybridized carbons (Fsp3) is 0.333. The largest absolute Gasteiger partial charge is 1.00 e. The van der Waals surface area contributed by atoms with Gasteiger partial charge in [0.15, 0.2) is 0 Å². The summed E-state index contributed by atoms with van der Waals surface area (Å²) >= 11 is 0. The van der Waals surface area contributed by atoms with Crippen molar-refractivity contribution in [1.29, 1.82) is 0 Å². The molecule has 2 aromatic carbocycles. The number of nitrogens with one attached hydrogen (secondary N) is 5. The molecule has 0 bridgehead atoms. The third-order valence-corrected chi connectivity index (χ3v) is 10.3. The molecule has 0 saturated carbocycles. The average Bonchev–Trinajstić information content (AvgIpc) is 3.08. The fourth-order valence-corrected chi connectivity index (χ4v) is 6.78. The zero-order valence-electron chi connectivity index (χ0n) is 34.6. The van der Waals surface area contributed by atoms with Gasteiger partial charge >= 0.3 is 118 Å². The monoisotopic (exact) mass is 993 g/mol. The van der Waals surface area contributed by atoms with Crippen molar-refractivity contribution in [2.45, 2.75) is 42.3 Å². The first-order chi connectivity index (χ1) is 27.3. The molecule has 63 heavy (non-hydrogen) atoms. The van der Waals surface area contributed by atoms with Crippen LogP contribution >= 0.6 is 0 Å². The molecule has 33 heteroatoms. The van der Waals surface area contributed by atoms with E-state index in [-0.39, 0.29) is 202 Å². The summed E-state index contributed by atoms with van der Waals surface area (Å²) in [7, 11) is -19.6. The summed E-state index contributed by atoms with van der Waals surface area (Å²) in [6, 6.07) is 6.75. The molecule has 2 heterocycles. The molecule has 0 spiro atoms. The molecule has 322 valence electrons. The maximum Gasteiger partial charge on any atom is 1.00 e. The number of benzene rings is 2. The summed E-state index contributed by atoms with van der Waals surface area (Å²) in [5.41, 5.74) is -0.577. The molecule has 0 radical (unpaired) electrons. The standard InChI is InChI=1S/C30H39N11O14S4.4Na/c1-17(42)13-25-36-26(31-9-11-56(44,45)46)39-29(37-25)34-21-7-5-19(23(14-21)58(50,51)52)3-4-20-6-8-22(15-24(20)59(53,54)55)35-30-40-27(32-10-12-57(47,48)49)38-28(41-30)33-16-18(2)43;;;;/h3-8,14-15,17-18,42-43H,9-13,16H2,1-2H3,(H,44,45,46)(H,47,48,49)(H,50,51,52)(H,53,54,55)(H2,31,34,36,37,39)(H3,32,33,35,38,40,41);;;;/q;4*+1/p-4. The van der Waals surface area contributed by atoms with Crippen LogP contribution in [-0.4, -0.2) is 135 Å². The van der Waals surface area contributed by atoms with Gasteiger partial charge in [0.25, 0.3) is 0 Å². The number of aromatic nitrogens is 6. The number of rotatable bonds is 21. The van der Waals surface area contributed by atoms with Gasteiger partial charge in [0.1, 0.15) is 26.1 Å². The van der Waals surface area contributed by atoms with Crippen LogP contribution in [0, 0.1) is 0 Å². The van der Waals surface area contributed by atoms with Gasteiger partial charge in [-0.1, -0.05) is 24.3 Å². The van der Waals surface area contributed by atoms with Crippen molar-refractivity contribution in [3.8, 4) is 0 Å². The third kappa shape index (κ3) is 22.4. The van der Waals surface area contributed by atoms with E-state index in [4.69, 9.17) is 0 Å². The van der Waals surface area contributed by atoms with Gasteiger partial charge in [-0.2, -0.15) is 29.9 Å². The Morgan fingerprint density at radius 2 is 0.921 bits per heavy atom. The molecule has 25 nitrogen and oxygen atoms in total. The van der Waals surface area contributed by atoms with Crippen LogP contribution in [0.3, 0.4) is 0 Å². The van der Waals surface area contributed by atoms with Crippen molar-refractivity contribution in [2.75, 3.05) is 57.7 Å². The predicted molar refractivity (Wildman–Crippen MR) is 206 cm³/mol. The van der Waals surface area contributed by atoms with Gasteiger partial charge in [-0.05, 0) is 49.2 Å². The van der Waals surface area contributed by atoms with E-state index in [1.807, 2.05) is 0 Å². The first kappa shape index (κ1) is 61.8. The maximum atomic E-state index is 12.4. The summed E-state index contributed by atoms with van der Waals surface area (Å²) in [6.45, 7) is 2.12. The zero-order valence-corrected chi connectivity index (χ0v) is 45.9. The van der Waals surface area contributed by atoms with Gasteiger partial charge < -0.3 is 55.0 Å². The first-order valence-corrected chi connectivity index (χ1v) is 22.7. The van der Waals surface area contributed by atoms with Crippen LogP contribution in [0.5, 0.6) is 0 Å². The van der Waals surface area contributed by atoms with Crippen LogP contribution in [0.4, 0.5) is 41.1 Å². The molecule has 4 rings (SSSR count). The van der Waals surface area contributed by atoms with Crippen molar-refractivity contribution >= 4 is 93.7 Å². The molecule has 2 aromatic heterocycles. The Hall–Kier alpha value is -1.24. The summed E-state index contributed by atoms with van der Waals surface area (Å²) < 4.78 is 140. The normalized spacial score (nSPS) is 12.6. The molecule has 2 unspecified atom stereocenters. The van der Waals surface area contributed by atoms with Crippen molar-refractivity contribution in [3.63, 3.8) is 0 Å². The van der Waals surface area contributed by atoms with E-state index in [0.717, 1.165) is 24.3 Å². The van der Waals surface area contributed by atoms with Crippen molar-refractivity contribution < 1.29 is 180 Å². The molecule has 0 fully saturated rings. The van der Waals surface area contributed by atoms with Gasteiger partial charge in [-0.15, -0.1) is 0 Å². The molecular weight excluding hydrogens is 959 g/mol. The van der Waals surface area contributed by atoms with Crippen molar-refractivity contribution in [1.82, 2.24) is 29.9 Å². The summed E-state index contributed by atoms with van der Waals surface area (Å²) in [4.78, 5) is 22.7. The molecule has 0 aliphatic heterocycles. The zero-order chi connectivity index (χ0) is 43.8. The van der Waals surface area contributed by atoms with E-state index < -0.39 is 74.0 Å². The number of aliphatic hydroxyl groups excluding tert-OH is 2. The SMILES string of the molecule is CC(O)CNc1nc(NCCS(=O)(=O)[O-])nc(Nc2ccc(C=Cc3ccc(Nc4nc(CC(C)O)nc(NCCS(=O)(=O)[O-])n4)cc3S(=O)(=O)[O-])c(S(=O)(=O)[O-])c2)n1.[Na+].[Na+].[Na+].[Na+]. The van der Waals surface area contributed by atoms with Crippen LogP contribution in [0.1, 0.15) is 30.8 Å². The molecular formula is C30H35N11Na4O14S4. The second-order valence-electron chi connectivity index (χ2n) is 12.4. The Morgan fingerprint density at radius 1 is 0.556 bits per heavy atom. The molecule has 4 aromatic rings. The van der Waals surface area contributed by atoms with Gasteiger partial charge in [0.05, 0.1) is 53.7 Å². The van der Waals surface area contributed by atoms with Crippen molar-refractivity contribution in [2.24, 2.45) is 0 Å². The van der Waals surface area contributed by atoms with Gasteiger partial charge in [-0.3, -0.25) is 0 Å². The van der Waals surface area contributed by atoms with Gasteiger partial charge in [0.2, 0.25) is 29.7 Å². The van der Waals surface area contributed by atoms with E-state index in [1.165, 1.54) is 38.1 Å². The number of nitrogens with zero attached hydrogens (tertiary/aromatic N) is 6. The molecule has 0 aliphatic carbocycles. The minimum Gasteiger partial charge on any atom is -0.748 e. The molecule has 2 atom stereocenters. The Kier molecular flexibility index (Phi) is 26.4. The summed E-state index contributed by atoms with van der Waals surface area (Å²) in [5, 5.41) is 32.6. The molecule has 0 aliphatic rings. The Morgan fingerprint density at radius 3 is 1.30 bits per heavy atom. The van der Waals surface area contributed by atoms with Crippen molar-refractivity contribution in [3.05, 3.63) is 53.3 Å². The topological polar surface area (TPSA) is 407 Å². The fourth-order valence-electron chi connectivity index (χ4n) is 4.69. The smallest absolute Gasteiger partial charge is 0.748 e. The molecule has 0 saturated heterocycles. The van der Waals surface area contributed by atoms with Crippen LogP contribution < -0.4 is 145 Å². The molecule has 7 N–H and O–H groups in total. The van der Waals surface area contributed by atoms with E-state index in [1.54, 1.807) is 0 Å². The van der Waals surface area contributed by atoms with Crippen LogP contribution in [0.25, 0.3) is 12.2 Å². The Bertz CT molecular complexity index is 2650. The second-order valence-corrected chi connectivity index (χ2v) is 18.1. The first-order valence-electron chi connectivity index (χ1n) is 16.7. The number of hydrogen-bond donors (Lipinski definition) is 7. The average molecular weight is 994 g/mol. The minimum atomic E-state index is -5.23. The van der Waals surface area contributed by atoms with Gasteiger partial charge in [0, 0.05) is 37.4 Å². The summed E-state index contributed by atoms with van der Waals surface area (Å²) in [5.74, 6) is -2.62. The number of aliphatic hydroxyl groups is 2. The Labute approximate surface area is 451 Å². The Balaban J connectivity index is 0.00000961. The van der Waals surface area contributed by atoms with Crippen LogP contribution in [0.15, 0.2) is 46.2 Å². The number of hydrogen-bond acceptors (Lipinski definition) is 25. The van der Waals surface area contributed by atoms with Crippen LogP contribution in [-0.2, 0) is 46.9 Å². The van der Waals surface area contributed by atoms with E-state index in [9.17, 15) is 62.1 Å². The van der Waals surface area contributed by atoms with Gasteiger partial charge in [-0.25, -0.2) is 33.7 Å². The second kappa shape index (κ2) is 26.9.